The Labute approximate surface area is 172 Å². The highest BCUT2D eigenvalue weighted by atomic mass is 32.2. The van der Waals surface area contributed by atoms with Crippen LogP contribution < -0.4 is 5.32 Å². The first-order chi connectivity index (χ1) is 13.8. The highest BCUT2D eigenvalue weighted by Crippen LogP contribution is 2.30. The van der Waals surface area contributed by atoms with E-state index in [1.54, 1.807) is 6.33 Å². The number of hydrogen-bond donors (Lipinski definition) is 1. The number of rotatable bonds is 7. The van der Waals surface area contributed by atoms with Crippen molar-refractivity contribution < 1.29 is 13.2 Å². The summed E-state index contributed by atoms with van der Waals surface area (Å²) in [6.45, 7) is 9.08. The van der Waals surface area contributed by atoms with Gasteiger partial charge in [0.1, 0.15) is 18.2 Å². The summed E-state index contributed by atoms with van der Waals surface area (Å²) in [5, 5.41) is 10.8. The van der Waals surface area contributed by atoms with E-state index in [0.717, 1.165) is 17.9 Å². The molecular weight excluding hydrogens is 390 g/mol. The van der Waals surface area contributed by atoms with Crippen LogP contribution in [0.25, 0.3) is 0 Å². The van der Waals surface area contributed by atoms with E-state index in [9.17, 15) is 13.2 Å². The van der Waals surface area contributed by atoms with Crippen molar-refractivity contribution in [2.24, 2.45) is 0 Å². The van der Waals surface area contributed by atoms with Crippen LogP contribution >= 0.6 is 0 Å². The first kappa shape index (κ1) is 21.4. The molecule has 1 fully saturated rings. The van der Waals surface area contributed by atoms with Gasteiger partial charge in [-0.1, -0.05) is 17.7 Å². The molecule has 2 heterocycles. The van der Waals surface area contributed by atoms with Gasteiger partial charge in [0.25, 0.3) is 0 Å². The average molecular weight is 420 g/mol. The Bertz CT molecular complexity index is 976. The van der Waals surface area contributed by atoms with Crippen LogP contribution in [0.5, 0.6) is 0 Å². The maximum absolute atomic E-state index is 13.4. The van der Waals surface area contributed by atoms with Gasteiger partial charge in [0.2, 0.25) is 15.9 Å². The monoisotopic (exact) mass is 419 g/mol. The lowest BCUT2D eigenvalue weighted by molar-refractivity contribution is -0.124. The molecule has 1 atom stereocenters. The second-order valence-corrected chi connectivity index (χ2v) is 9.40. The summed E-state index contributed by atoms with van der Waals surface area (Å²) in [6, 6.07) is 3.06. The van der Waals surface area contributed by atoms with E-state index in [2.05, 4.69) is 15.5 Å². The van der Waals surface area contributed by atoms with Gasteiger partial charge in [-0.3, -0.25) is 4.79 Å². The lowest BCUT2D eigenvalue weighted by atomic mass is 10.1. The Balaban J connectivity index is 1.73. The molecule has 3 rings (SSSR count). The molecule has 1 N–H and O–H groups in total. The van der Waals surface area contributed by atoms with Crippen LogP contribution in [0.3, 0.4) is 0 Å². The molecule has 1 aliphatic heterocycles. The number of benzene rings is 1. The molecule has 1 aromatic heterocycles. The molecule has 0 aliphatic carbocycles. The highest BCUT2D eigenvalue weighted by molar-refractivity contribution is 7.89. The van der Waals surface area contributed by atoms with Crippen molar-refractivity contribution in [3.8, 4) is 0 Å². The maximum Gasteiger partial charge on any atom is 0.244 e. The fraction of sp³-hybridized carbons (Fsp3) is 0.550. The largest absolute Gasteiger partial charge is 0.354 e. The fourth-order valence-corrected chi connectivity index (χ4v) is 6.20. The van der Waals surface area contributed by atoms with Crippen LogP contribution in [-0.2, 0) is 27.8 Å². The van der Waals surface area contributed by atoms with Crippen LogP contribution in [0, 0.1) is 20.8 Å². The van der Waals surface area contributed by atoms with Crippen molar-refractivity contribution in [2.45, 2.75) is 64.4 Å². The first-order valence-electron chi connectivity index (χ1n) is 9.99. The minimum atomic E-state index is -3.74. The molecule has 1 saturated heterocycles. The van der Waals surface area contributed by atoms with Crippen LogP contribution in [0.15, 0.2) is 23.4 Å². The number of amides is 1. The lowest BCUT2D eigenvalue weighted by Gasteiger charge is -2.25. The molecular formula is C20H29N5O3S. The smallest absolute Gasteiger partial charge is 0.244 e. The van der Waals surface area contributed by atoms with Gasteiger partial charge in [0.15, 0.2) is 0 Å². The zero-order valence-corrected chi connectivity index (χ0v) is 18.3. The third-order valence-corrected chi connectivity index (χ3v) is 7.58. The van der Waals surface area contributed by atoms with Gasteiger partial charge >= 0.3 is 0 Å². The Morgan fingerprint density at radius 2 is 1.93 bits per heavy atom. The van der Waals surface area contributed by atoms with Crippen LogP contribution in [0.1, 0.15) is 42.3 Å². The van der Waals surface area contributed by atoms with Gasteiger partial charge in [0.05, 0.1) is 4.90 Å². The summed E-state index contributed by atoms with van der Waals surface area (Å²) in [5.41, 5.74) is 2.45. The Kier molecular flexibility index (Phi) is 6.38. The number of aryl methyl sites for hydroxylation is 4. The van der Waals surface area contributed by atoms with Crippen molar-refractivity contribution in [2.75, 3.05) is 13.1 Å². The van der Waals surface area contributed by atoms with Crippen molar-refractivity contribution in [3.05, 3.63) is 41.0 Å². The summed E-state index contributed by atoms with van der Waals surface area (Å²) in [6.07, 6.45) is 3.41. The van der Waals surface area contributed by atoms with Crippen LogP contribution in [-0.4, -0.2) is 52.5 Å². The molecule has 0 saturated carbocycles. The van der Waals surface area contributed by atoms with E-state index in [1.807, 2.05) is 44.4 Å². The van der Waals surface area contributed by atoms with Gasteiger partial charge in [-0.15, -0.1) is 10.2 Å². The number of hydrogen-bond acceptors (Lipinski definition) is 5. The molecule has 1 amide bonds. The van der Waals surface area contributed by atoms with E-state index >= 15 is 0 Å². The molecule has 158 valence electrons. The normalized spacial score (nSPS) is 17.6. The molecule has 8 nitrogen and oxygen atoms in total. The fourth-order valence-electron chi connectivity index (χ4n) is 4.13. The Morgan fingerprint density at radius 3 is 2.59 bits per heavy atom. The maximum atomic E-state index is 13.4. The van der Waals surface area contributed by atoms with Gasteiger partial charge < -0.3 is 9.88 Å². The highest BCUT2D eigenvalue weighted by Gasteiger charge is 2.40. The third-order valence-electron chi connectivity index (χ3n) is 5.36. The van der Waals surface area contributed by atoms with Crippen molar-refractivity contribution in [3.63, 3.8) is 0 Å². The third kappa shape index (κ3) is 4.35. The first-order valence-corrected chi connectivity index (χ1v) is 11.4. The zero-order chi connectivity index (χ0) is 21.2. The SMILES string of the molecule is CCn1cnnc1CCNC(=O)C1CCCN1S(=O)(=O)c1c(C)cc(C)cc1C. The Hall–Kier alpha value is -2.26. The van der Waals surface area contributed by atoms with Gasteiger partial charge in [0, 0.05) is 26.1 Å². The molecule has 0 radical (unpaired) electrons. The molecule has 2 aromatic rings. The molecule has 9 heteroatoms. The van der Waals surface area contributed by atoms with E-state index < -0.39 is 16.1 Å². The van der Waals surface area contributed by atoms with E-state index in [0.29, 0.717) is 48.4 Å². The predicted molar refractivity (Wildman–Crippen MR) is 110 cm³/mol. The number of nitrogens with one attached hydrogen (secondary N) is 1. The summed E-state index contributed by atoms with van der Waals surface area (Å²) < 4.78 is 30.0. The van der Waals surface area contributed by atoms with E-state index in [1.165, 1.54) is 4.31 Å². The second kappa shape index (κ2) is 8.62. The molecule has 29 heavy (non-hydrogen) atoms. The summed E-state index contributed by atoms with van der Waals surface area (Å²) in [7, 11) is -3.74. The summed E-state index contributed by atoms with van der Waals surface area (Å²) in [4.78, 5) is 13.1. The number of nitrogens with zero attached hydrogens (tertiary/aromatic N) is 4. The van der Waals surface area contributed by atoms with Gasteiger partial charge in [-0.25, -0.2) is 8.42 Å². The summed E-state index contributed by atoms with van der Waals surface area (Å²) >= 11 is 0. The molecule has 0 spiro atoms. The number of sulfonamides is 1. The second-order valence-electron chi connectivity index (χ2n) is 7.58. The zero-order valence-electron chi connectivity index (χ0n) is 17.5. The van der Waals surface area contributed by atoms with E-state index in [-0.39, 0.29) is 5.91 Å². The van der Waals surface area contributed by atoms with Crippen molar-refractivity contribution in [1.82, 2.24) is 24.4 Å². The van der Waals surface area contributed by atoms with Crippen LogP contribution in [0.2, 0.25) is 0 Å². The molecule has 1 aliphatic rings. The minimum absolute atomic E-state index is 0.254. The number of carbonyl (C=O) groups is 1. The molecule has 1 aromatic carbocycles. The lowest BCUT2D eigenvalue weighted by Crippen LogP contribution is -2.46. The van der Waals surface area contributed by atoms with Crippen molar-refractivity contribution in [1.29, 1.82) is 0 Å². The van der Waals surface area contributed by atoms with Gasteiger partial charge in [-0.2, -0.15) is 4.31 Å². The van der Waals surface area contributed by atoms with Crippen LogP contribution in [0.4, 0.5) is 0 Å². The Morgan fingerprint density at radius 1 is 1.24 bits per heavy atom. The standard InChI is InChI=1S/C20H29N5O3S/c1-5-24-13-22-23-18(24)8-9-21-20(26)17-7-6-10-25(17)29(27,28)19-15(3)11-14(2)12-16(19)4/h11-13,17H,5-10H2,1-4H3,(H,21,26). The average Bonchev–Trinajstić information content (AvgIpc) is 3.30. The minimum Gasteiger partial charge on any atom is -0.354 e. The molecule has 0 bridgehead atoms. The topological polar surface area (TPSA) is 97.2 Å². The number of aromatic nitrogens is 3. The van der Waals surface area contributed by atoms with Gasteiger partial charge in [-0.05, 0) is 51.7 Å². The number of carbonyl (C=O) groups excluding carboxylic acids is 1. The predicted octanol–water partition coefficient (Wildman–Crippen LogP) is 1.74. The summed E-state index contributed by atoms with van der Waals surface area (Å²) in [5.74, 6) is 0.547. The van der Waals surface area contributed by atoms with Crippen molar-refractivity contribution >= 4 is 15.9 Å². The quantitative estimate of drug-likeness (QED) is 0.737. The van der Waals surface area contributed by atoms with E-state index in [4.69, 9.17) is 0 Å². The molecule has 1 unspecified atom stereocenters.